The van der Waals surface area contributed by atoms with Crippen LogP contribution < -0.4 is 46.1 Å². The highest BCUT2D eigenvalue weighted by Gasteiger charge is 2.20. The second-order valence-corrected chi connectivity index (χ2v) is 12.0. The number of nitrogens with zero attached hydrogens (tertiary/aromatic N) is 4. The Labute approximate surface area is 278 Å². The molecule has 4 aromatic heterocycles. The highest BCUT2D eigenvalue weighted by molar-refractivity contribution is 5.62. The molecule has 0 bridgehead atoms. The van der Waals surface area contributed by atoms with E-state index >= 15 is 0 Å². The molecule has 0 aliphatic carbocycles. The van der Waals surface area contributed by atoms with E-state index < -0.39 is 20.5 Å². The molecule has 0 aliphatic rings. The molecule has 16 heteroatoms. The van der Waals surface area contributed by atoms with Crippen LogP contribution in [-0.4, -0.2) is 9.13 Å². The number of benzene rings is 2. The standard InChI is InChI=1S/C32H30F2N4.2ClHO4/c33-27-15-11-25(12-16-27)29-23-35-19-7-3-9-31(35)37(29)21-5-1-2-6-22-38-30(26-13-17-28(34)18-14-26)24-36-20-8-4-10-32(36)38;2*2-1(3,4)5/h3-4,7-20,23-24H,1-2,5-6,21-22H2;2*(H,2,3,4,5)/q+2;;/p-2. The highest BCUT2D eigenvalue weighted by atomic mass is 35.7. The normalized spacial score (nSPS) is 11.6. The molecule has 0 unspecified atom stereocenters. The van der Waals surface area contributed by atoms with Gasteiger partial charge in [0.25, 0.3) is 11.3 Å². The molecular formula is C32H30Cl2F2N4O8. The predicted molar refractivity (Wildman–Crippen MR) is 144 cm³/mol. The van der Waals surface area contributed by atoms with Crippen molar-refractivity contribution in [3.63, 3.8) is 0 Å². The van der Waals surface area contributed by atoms with Gasteiger partial charge in [0.15, 0.2) is 11.4 Å². The first kappa shape index (κ1) is 36.8. The maximum atomic E-state index is 13.5. The largest absolute Gasteiger partial charge is 0.286 e. The van der Waals surface area contributed by atoms with Crippen LogP contribution in [0.15, 0.2) is 110 Å². The molecule has 0 saturated heterocycles. The number of hydrogen-bond donors (Lipinski definition) is 0. The maximum Gasteiger partial charge on any atom is 0.286 e. The number of imidazole rings is 2. The zero-order chi connectivity index (χ0) is 34.9. The van der Waals surface area contributed by atoms with Gasteiger partial charge in [-0.25, -0.2) is 64.0 Å². The molecule has 48 heavy (non-hydrogen) atoms. The lowest BCUT2D eigenvalue weighted by Gasteiger charge is -2.17. The van der Waals surface area contributed by atoms with Crippen LogP contribution in [0.3, 0.4) is 0 Å². The van der Waals surface area contributed by atoms with Crippen molar-refractivity contribution >= 4 is 11.3 Å². The van der Waals surface area contributed by atoms with Crippen molar-refractivity contribution < 1.29 is 75.3 Å². The van der Waals surface area contributed by atoms with E-state index in [1.54, 1.807) is 0 Å². The van der Waals surface area contributed by atoms with E-state index in [0.717, 1.165) is 72.6 Å². The van der Waals surface area contributed by atoms with Gasteiger partial charge in [-0.2, -0.15) is 0 Å². The number of rotatable bonds is 9. The van der Waals surface area contributed by atoms with Gasteiger partial charge in [0.05, 0.1) is 25.5 Å². The lowest BCUT2D eigenvalue weighted by molar-refractivity contribution is -2.00. The number of aryl methyl sites for hydroxylation is 2. The monoisotopic (exact) mass is 706 g/mol. The third-order valence-corrected chi connectivity index (χ3v) is 7.19. The summed E-state index contributed by atoms with van der Waals surface area (Å²) in [6.07, 6.45) is 12.7. The fraction of sp³-hybridized carbons (Fsp3) is 0.188. The van der Waals surface area contributed by atoms with Gasteiger partial charge in [-0.1, -0.05) is 12.1 Å². The Kier molecular flexibility index (Phi) is 12.5. The SMILES string of the molecule is Fc1ccc(-c2c[n+]3ccccc3n2CCCCCCn2c(-c3ccc(F)cc3)c[n+]3ccccc23)cc1.[O-][Cl+3]([O-])([O-])[O-].[O-][Cl+3]([O-])([O-])[O-]. The van der Waals surface area contributed by atoms with E-state index in [9.17, 15) is 8.78 Å². The van der Waals surface area contributed by atoms with Gasteiger partial charge in [0, 0.05) is 23.3 Å². The van der Waals surface area contributed by atoms with Gasteiger partial charge >= 0.3 is 0 Å². The number of fused-ring (bicyclic) bond motifs is 2. The highest BCUT2D eigenvalue weighted by Crippen LogP contribution is 2.24. The summed E-state index contributed by atoms with van der Waals surface area (Å²) in [4.78, 5) is 0. The summed E-state index contributed by atoms with van der Waals surface area (Å²) in [7, 11) is -9.89. The number of pyridine rings is 2. The van der Waals surface area contributed by atoms with E-state index in [-0.39, 0.29) is 11.6 Å². The fourth-order valence-electron chi connectivity index (χ4n) is 5.29. The van der Waals surface area contributed by atoms with Gasteiger partial charge < -0.3 is 0 Å². The molecule has 254 valence electrons. The second-order valence-electron chi connectivity index (χ2n) is 10.4. The summed E-state index contributed by atoms with van der Waals surface area (Å²) in [6, 6.07) is 25.9. The van der Waals surface area contributed by atoms with Gasteiger partial charge in [-0.05, 0) is 86.3 Å². The zero-order valence-corrected chi connectivity index (χ0v) is 26.7. The Hall–Kier alpha value is -4.06. The van der Waals surface area contributed by atoms with E-state index in [2.05, 4.69) is 67.0 Å². The van der Waals surface area contributed by atoms with Crippen molar-refractivity contribution in [3.05, 3.63) is 121 Å². The van der Waals surface area contributed by atoms with Crippen LogP contribution in [0.1, 0.15) is 25.7 Å². The lowest BCUT2D eigenvalue weighted by atomic mass is 10.1. The summed E-state index contributed by atoms with van der Waals surface area (Å²) in [5, 5.41) is 0. The summed E-state index contributed by atoms with van der Waals surface area (Å²) >= 11 is 0. The summed E-state index contributed by atoms with van der Waals surface area (Å²) in [6.45, 7) is 1.80. The Balaban J connectivity index is 0.000000458. The number of unbranched alkanes of at least 4 members (excludes halogenated alkanes) is 3. The molecule has 2 aromatic carbocycles. The van der Waals surface area contributed by atoms with Crippen LogP contribution in [0.2, 0.25) is 0 Å². The topological polar surface area (TPSA) is 203 Å². The summed E-state index contributed by atoms with van der Waals surface area (Å²) in [5.74, 6) is -0.443. The van der Waals surface area contributed by atoms with Gasteiger partial charge in [0.2, 0.25) is 0 Å². The molecule has 4 heterocycles. The van der Waals surface area contributed by atoms with Crippen molar-refractivity contribution in [2.45, 2.75) is 38.8 Å². The van der Waals surface area contributed by atoms with Crippen molar-refractivity contribution in [1.82, 2.24) is 9.13 Å². The Morgan fingerprint density at radius 2 is 0.812 bits per heavy atom. The Bertz CT molecular complexity index is 1760. The first-order chi connectivity index (χ1) is 22.7. The zero-order valence-electron chi connectivity index (χ0n) is 25.2. The molecule has 12 nitrogen and oxygen atoms in total. The van der Waals surface area contributed by atoms with E-state index in [1.165, 1.54) is 24.3 Å². The molecule has 0 atom stereocenters. The minimum absolute atomic E-state index is 0.222. The van der Waals surface area contributed by atoms with Crippen molar-refractivity contribution in [3.8, 4) is 22.5 Å². The first-order valence-electron chi connectivity index (χ1n) is 14.4. The Morgan fingerprint density at radius 1 is 0.479 bits per heavy atom. The minimum Gasteiger partial charge on any atom is -0.223 e. The molecule has 0 aliphatic heterocycles. The molecular weight excluding hydrogens is 677 g/mol. The van der Waals surface area contributed by atoms with E-state index in [0.29, 0.717) is 0 Å². The predicted octanol–water partition coefficient (Wildman–Crippen LogP) is -2.87. The molecule has 0 fully saturated rings. The van der Waals surface area contributed by atoms with E-state index in [4.69, 9.17) is 37.3 Å². The average molecular weight is 708 g/mol. The smallest absolute Gasteiger partial charge is 0.223 e. The number of hydrogen-bond acceptors (Lipinski definition) is 8. The molecule has 6 rings (SSSR count). The lowest BCUT2D eigenvalue weighted by Crippen LogP contribution is -2.68. The number of aromatic nitrogens is 4. The molecule has 0 N–H and O–H groups in total. The summed E-state index contributed by atoms with van der Waals surface area (Å²) in [5.41, 5.74) is 6.48. The minimum atomic E-state index is -4.94. The van der Waals surface area contributed by atoms with Gasteiger partial charge in [-0.3, -0.25) is 0 Å². The molecule has 0 spiro atoms. The first-order valence-corrected chi connectivity index (χ1v) is 16.9. The molecule has 0 radical (unpaired) electrons. The van der Waals surface area contributed by atoms with Crippen LogP contribution in [0, 0.1) is 32.1 Å². The summed E-state index contributed by atoms with van der Waals surface area (Å²) < 4.78 is 104. The number of halogens is 4. The van der Waals surface area contributed by atoms with Crippen molar-refractivity contribution in [1.29, 1.82) is 0 Å². The quantitative estimate of drug-likeness (QED) is 0.113. The van der Waals surface area contributed by atoms with Crippen LogP contribution in [0.4, 0.5) is 8.78 Å². The Morgan fingerprint density at radius 3 is 1.15 bits per heavy atom. The van der Waals surface area contributed by atoms with Crippen LogP contribution >= 0.6 is 0 Å². The van der Waals surface area contributed by atoms with Crippen molar-refractivity contribution in [2.24, 2.45) is 0 Å². The van der Waals surface area contributed by atoms with Crippen LogP contribution in [0.25, 0.3) is 33.8 Å². The van der Waals surface area contributed by atoms with Crippen molar-refractivity contribution in [2.75, 3.05) is 0 Å². The molecule has 0 amide bonds. The van der Waals surface area contributed by atoms with Crippen LogP contribution in [-0.2, 0) is 13.1 Å². The molecule has 0 saturated carbocycles. The van der Waals surface area contributed by atoms with Crippen LogP contribution in [0.5, 0.6) is 0 Å². The van der Waals surface area contributed by atoms with Gasteiger partial charge in [-0.15, -0.1) is 20.5 Å². The fourth-order valence-corrected chi connectivity index (χ4v) is 5.29. The molecule has 6 aromatic rings. The second kappa shape index (κ2) is 16.4. The average Bonchev–Trinajstić information content (AvgIpc) is 3.56. The third-order valence-electron chi connectivity index (χ3n) is 7.19. The van der Waals surface area contributed by atoms with E-state index in [1.807, 2.05) is 36.4 Å². The van der Waals surface area contributed by atoms with Gasteiger partial charge in [0.1, 0.15) is 24.0 Å². The third kappa shape index (κ3) is 11.3. The maximum absolute atomic E-state index is 13.5.